The lowest BCUT2D eigenvalue weighted by Crippen LogP contribution is -2.10. The van der Waals surface area contributed by atoms with E-state index in [2.05, 4.69) is 10.6 Å². The van der Waals surface area contributed by atoms with Crippen molar-refractivity contribution in [3.05, 3.63) is 59.9 Å². The zero-order valence-electron chi connectivity index (χ0n) is 12.2. The van der Waals surface area contributed by atoms with Crippen LogP contribution in [0.3, 0.4) is 0 Å². The summed E-state index contributed by atoms with van der Waals surface area (Å²) in [6.45, 7) is 3.71. The van der Waals surface area contributed by atoms with Gasteiger partial charge in [-0.15, -0.1) is 0 Å². The minimum atomic E-state index is -0.218. The van der Waals surface area contributed by atoms with Crippen molar-refractivity contribution < 1.29 is 9.18 Å². The fourth-order valence-corrected chi connectivity index (χ4v) is 2.05. The molecule has 2 aromatic carbocycles. The molecule has 3 nitrogen and oxygen atoms in total. The van der Waals surface area contributed by atoms with Crippen LogP contribution in [0.1, 0.15) is 31.9 Å². The molecule has 0 heterocycles. The molecule has 0 aliphatic heterocycles. The molecule has 1 amide bonds. The molecule has 0 fully saturated rings. The van der Waals surface area contributed by atoms with Gasteiger partial charge in [0, 0.05) is 23.4 Å². The van der Waals surface area contributed by atoms with E-state index in [0.29, 0.717) is 12.0 Å². The van der Waals surface area contributed by atoms with E-state index >= 15 is 0 Å². The van der Waals surface area contributed by atoms with Crippen LogP contribution in [-0.4, -0.2) is 5.91 Å². The van der Waals surface area contributed by atoms with Crippen LogP contribution in [-0.2, 0) is 4.79 Å². The van der Waals surface area contributed by atoms with Crippen LogP contribution in [0.4, 0.5) is 15.8 Å². The number of rotatable bonds is 5. The first-order chi connectivity index (χ1) is 10.1. The Morgan fingerprint density at radius 1 is 1.10 bits per heavy atom. The van der Waals surface area contributed by atoms with Crippen molar-refractivity contribution in [1.29, 1.82) is 0 Å². The molecule has 0 aromatic heterocycles. The topological polar surface area (TPSA) is 41.1 Å². The molecule has 110 valence electrons. The lowest BCUT2D eigenvalue weighted by atomic mass is 10.1. The standard InChI is InChI=1S/C17H19FN2O/c1-3-17(21)20-14-10-8-13(9-11-14)19-12(2)15-6-4-5-7-16(15)18/h4-12,19H,3H2,1-2H3,(H,20,21). The molecule has 0 saturated heterocycles. The van der Waals surface area contributed by atoms with Crippen LogP contribution in [0.5, 0.6) is 0 Å². The zero-order chi connectivity index (χ0) is 15.2. The molecule has 0 saturated carbocycles. The first-order valence-corrected chi connectivity index (χ1v) is 7.01. The highest BCUT2D eigenvalue weighted by Gasteiger charge is 2.09. The fraction of sp³-hybridized carbons (Fsp3) is 0.235. The van der Waals surface area contributed by atoms with Crippen molar-refractivity contribution in [3.8, 4) is 0 Å². The maximum atomic E-state index is 13.7. The van der Waals surface area contributed by atoms with E-state index in [0.717, 1.165) is 11.4 Å². The molecule has 21 heavy (non-hydrogen) atoms. The highest BCUT2D eigenvalue weighted by atomic mass is 19.1. The number of carbonyl (C=O) groups is 1. The van der Waals surface area contributed by atoms with Crippen LogP contribution >= 0.6 is 0 Å². The molecule has 0 aliphatic rings. The lowest BCUT2D eigenvalue weighted by Gasteiger charge is -2.16. The van der Waals surface area contributed by atoms with E-state index < -0.39 is 0 Å². The third-order valence-corrected chi connectivity index (χ3v) is 3.24. The largest absolute Gasteiger partial charge is 0.378 e. The van der Waals surface area contributed by atoms with Gasteiger partial charge >= 0.3 is 0 Å². The number of nitrogens with one attached hydrogen (secondary N) is 2. The Hall–Kier alpha value is -2.36. The Morgan fingerprint density at radius 3 is 2.33 bits per heavy atom. The summed E-state index contributed by atoms with van der Waals surface area (Å²) in [6.07, 6.45) is 0.449. The number of anilines is 2. The minimum Gasteiger partial charge on any atom is -0.378 e. The number of benzene rings is 2. The van der Waals surface area contributed by atoms with E-state index in [1.807, 2.05) is 37.3 Å². The number of hydrogen-bond acceptors (Lipinski definition) is 2. The van der Waals surface area contributed by atoms with E-state index in [1.54, 1.807) is 19.1 Å². The smallest absolute Gasteiger partial charge is 0.224 e. The van der Waals surface area contributed by atoms with Crippen molar-refractivity contribution in [3.63, 3.8) is 0 Å². The second-order valence-electron chi connectivity index (χ2n) is 4.87. The van der Waals surface area contributed by atoms with Crippen LogP contribution < -0.4 is 10.6 Å². The molecule has 0 aliphatic carbocycles. The third-order valence-electron chi connectivity index (χ3n) is 3.24. The summed E-state index contributed by atoms with van der Waals surface area (Å²) >= 11 is 0. The number of amides is 1. The van der Waals surface area contributed by atoms with E-state index in [9.17, 15) is 9.18 Å². The number of carbonyl (C=O) groups excluding carboxylic acids is 1. The predicted octanol–water partition coefficient (Wildman–Crippen LogP) is 4.35. The summed E-state index contributed by atoms with van der Waals surface area (Å²) in [5.74, 6) is -0.236. The monoisotopic (exact) mass is 286 g/mol. The first kappa shape index (κ1) is 15.0. The summed E-state index contributed by atoms with van der Waals surface area (Å²) in [5, 5.41) is 6.03. The van der Waals surface area contributed by atoms with E-state index in [1.165, 1.54) is 6.07 Å². The first-order valence-electron chi connectivity index (χ1n) is 7.01. The molecule has 2 rings (SSSR count). The summed E-state index contributed by atoms with van der Waals surface area (Å²) in [7, 11) is 0. The van der Waals surface area contributed by atoms with Crippen LogP contribution in [0.15, 0.2) is 48.5 Å². The van der Waals surface area contributed by atoms with Gasteiger partial charge in [-0.05, 0) is 37.3 Å². The minimum absolute atomic E-state index is 0.0181. The van der Waals surface area contributed by atoms with Crippen molar-refractivity contribution in [1.82, 2.24) is 0 Å². The SMILES string of the molecule is CCC(=O)Nc1ccc(NC(C)c2ccccc2F)cc1. The zero-order valence-corrected chi connectivity index (χ0v) is 12.2. The Bertz CT molecular complexity index is 610. The van der Waals surface area contributed by atoms with Crippen molar-refractivity contribution in [2.75, 3.05) is 10.6 Å². The van der Waals surface area contributed by atoms with Crippen LogP contribution in [0.2, 0.25) is 0 Å². The Labute approximate surface area is 124 Å². The van der Waals surface area contributed by atoms with E-state index in [-0.39, 0.29) is 17.8 Å². The van der Waals surface area contributed by atoms with Gasteiger partial charge in [-0.2, -0.15) is 0 Å². The Morgan fingerprint density at radius 2 is 1.71 bits per heavy atom. The molecule has 4 heteroatoms. The Kier molecular flexibility index (Phi) is 4.93. The second-order valence-corrected chi connectivity index (χ2v) is 4.87. The summed E-state index contributed by atoms with van der Waals surface area (Å²) in [5.41, 5.74) is 2.26. The van der Waals surface area contributed by atoms with Gasteiger partial charge in [-0.25, -0.2) is 4.39 Å². The van der Waals surface area contributed by atoms with Gasteiger partial charge in [0.05, 0.1) is 6.04 Å². The van der Waals surface area contributed by atoms with Crippen LogP contribution in [0, 0.1) is 5.82 Å². The van der Waals surface area contributed by atoms with Gasteiger partial charge in [-0.3, -0.25) is 4.79 Å². The van der Waals surface area contributed by atoms with Gasteiger partial charge in [0.1, 0.15) is 5.82 Å². The van der Waals surface area contributed by atoms with Crippen molar-refractivity contribution in [2.45, 2.75) is 26.3 Å². The molecule has 2 aromatic rings. The molecule has 0 radical (unpaired) electrons. The normalized spacial score (nSPS) is 11.8. The third kappa shape index (κ3) is 4.05. The summed E-state index contributed by atoms with van der Waals surface area (Å²) in [4.78, 5) is 11.3. The second kappa shape index (κ2) is 6.88. The highest BCUT2D eigenvalue weighted by Crippen LogP contribution is 2.22. The van der Waals surface area contributed by atoms with Gasteiger partial charge < -0.3 is 10.6 Å². The highest BCUT2D eigenvalue weighted by molar-refractivity contribution is 5.90. The predicted molar refractivity (Wildman–Crippen MR) is 83.8 cm³/mol. The summed E-state index contributed by atoms with van der Waals surface area (Å²) in [6, 6.07) is 14.0. The fourth-order valence-electron chi connectivity index (χ4n) is 2.05. The molecule has 1 atom stereocenters. The molecule has 1 unspecified atom stereocenters. The van der Waals surface area contributed by atoms with Gasteiger partial charge in [0.15, 0.2) is 0 Å². The number of hydrogen-bond donors (Lipinski definition) is 2. The Balaban J connectivity index is 2.03. The molecular formula is C17H19FN2O. The number of halogens is 1. The molecule has 2 N–H and O–H groups in total. The average Bonchev–Trinajstić information content (AvgIpc) is 2.49. The average molecular weight is 286 g/mol. The summed E-state index contributed by atoms with van der Waals surface area (Å²) < 4.78 is 13.7. The van der Waals surface area contributed by atoms with Gasteiger partial charge in [0.25, 0.3) is 0 Å². The maximum absolute atomic E-state index is 13.7. The lowest BCUT2D eigenvalue weighted by molar-refractivity contribution is -0.115. The van der Waals surface area contributed by atoms with Gasteiger partial charge in [0.2, 0.25) is 5.91 Å². The maximum Gasteiger partial charge on any atom is 0.224 e. The van der Waals surface area contributed by atoms with Gasteiger partial charge in [-0.1, -0.05) is 25.1 Å². The van der Waals surface area contributed by atoms with Crippen molar-refractivity contribution in [2.24, 2.45) is 0 Å². The van der Waals surface area contributed by atoms with E-state index in [4.69, 9.17) is 0 Å². The quantitative estimate of drug-likeness (QED) is 0.858. The molecule has 0 spiro atoms. The van der Waals surface area contributed by atoms with Crippen molar-refractivity contribution >= 4 is 17.3 Å². The molecule has 0 bridgehead atoms. The van der Waals surface area contributed by atoms with Crippen LogP contribution in [0.25, 0.3) is 0 Å². The molecular weight excluding hydrogens is 267 g/mol.